The van der Waals surface area contributed by atoms with E-state index in [1.54, 1.807) is 13.8 Å². The molecule has 5 nitrogen and oxygen atoms in total. The van der Waals surface area contributed by atoms with Crippen molar-refractivity contribution in [2.75, 3.05) is 0 Å². The first-order valence-corrected chi connectivity index (χ1v) is 7.29. The van der Waals surface area contributed by atoms with Gasteiger partial charge in [-0.25, -0.2) is 4.79 Å². The second-order valence-corrected chi connectivity index (χ2v) is 5.95. The topological polar surface area (TPSA) is 83.8 Å². The van der Waals surface area contributed by atoms with Crippen molar-refractivity contribution in [2.45, 2.75) is 33.3 Å². The van der Waals surface area contributed by atoms with Gasteiger partial charge in [-0.15, -0.1) is 0 Å². The van der Waals surface area contributed by atoms with Crippen LogP contribution < -0.4 is 4.74 Å². The predicted octanol–water partition coefficient (Wildman–Crippen LogP) is 3.11. The van der Waals surface area contributed by atoms with Crippen LogP contribution in [0.2, 0.25) is 0 Å². The van der Waals surface area contributed by atoms with E-state index >= 15 is 0 Å². The Morgan fingerprint density at radius 2 is 1.70 bits per heavy atom. The molecule has 0 aliphatic heterocycles. The molecule has 1 aromatic carbocycles. The van der Waals surface area contributed by atoms with Gasteiger partial charge in [-0.3, -0.25) is 4.79 Å². The van der Waals surface area contributed by atoms with E-state index in [0.29, 0.717) is 11.3 Å². The van der Waals surface area contributed by atoms with Crippen LogP contribution in [-0.2, 0) is 9.59 Å². The second-order valence-electron chi connectivity index (χ2n) is 5.95. The fourth-order valence-corrected chi connectivity index (χ4v) is 2.86. The number of carbonyl (C=O) groups is 2. The molecule has 0 bridgehead atoms. The van der Waals surface area contributed by atoms with Crippen molar-refractivity contribution in [3.8, 4) is 5.75 Å². The van der Waals surface area contributed by atoms with Crippen molar-refractivity contribution in [1.29, 1.82) is 0 Å². The standard InChI is InChI=1S/C18H20O5/c1-10-6-5-7-11(2)15(10)23-18(4)12(3)13(16(19)20)8-9-14(18)17(21)22/h5-9,14H,1-4H3,(H,19,20)(H,21,22). The minimum atomic E-state index is -1.27. The summed E-state index contributed by atoms with van der Waals surface area (Å²) < 4.78 is 6.12. The molecular weight excluding hydrogens is 296 g/mol. The van der Waals surface area contributed by atoms with Crippen molar-refractivity contribution >= 4 is 11.9 Å². The molecule has 2 unspecified atom stereocenters. The molecular formula is C18H20O5. The third-order valence-corrected chi connectivity index (χ3v) is 4.42. The van der Waals surface area contributed by atoms with Gasteiger partial charge in [0.15, 0.2) is 0 Å². The minimum Gasteiger partial charge on any atom is -0.481 e. The van der Waals surface area contributed by atoms with Crippen molar-refractivity contribution in [2.24, 2.45) is 5.92 Å². The van der Waals surface area contributed by atoms with E-state index in [1.807, 2.05) is 32.0 Å². The molecule has 0 spiro atoms. The van der Waals surface area contributed by atoms with Crippen LogP contribution in [0.4, 0.5) is 0 Å². The number of carboxylic acid groups (broad SMARTS) is 2. The Kier molecular flexibility index (Phi) is 4.32. The summed E-state index contributed by atoms with van der Waals surface area (Å²) in [6, 6.07) is 5.63. The van der Waals surface area contributed by atoms with Crippen LogP contribution in [0.1, 0.15) is 25.0 Å². The summed E-state index contributed by atoms with van der Waals surface area (Å²) in [5.74, 6) is -2.54. The maximum atomic E-state index is 11.7. The predicted molar refractivity (Wildman–Crippen MR) is 85.6 cm³/mol. The lowest BCUT2D eigenvalue weighted by Crippen LogP contribution is -2.47. The minimum absolute atomic E-state index is 0.0660. The Hall–Kier alpha value is -2.56. The Morgan fingerprint density at radius 1 is 1.13 bits per heavy atom. The molecule has 1 aliphatic rings. The Bertz CT molecular complexity index is 709. The highest BCUT2D eigenvalue weighted by Crippen LogP contribution is 2.40. The molecule has 0 saturated carbocycles. The van der Waals surface area contributed by atoms with Crippen LogP contribution in [0.3, 0.4) is 0 Å². The van der Waals surface area contributed by atoms with E-state index in [-0.39, 0.29) is 5.57 Å². The number of benzene rings is 1. The average molecular weight is 316 g/mol. The largest absolute Gasteiger partial charge is 0.481 e. The molecule has 0 radical (unpaired) electrons. The number of hydrogen-bond donors (Lipinski definition) is 2. The number of ether oxygens (including phenoxy) is 1. The third-order valence-electron chi connectivity index (χ3n) is 4.42. The van der Waals surface area contributed by atoms with Crippen LogP contribution in [0.5, 0.6) is 5.75 Å². The van der Waals surface area contributed by atoms with Gasteiger partial charge in [0.1, 0.15) is 17.3 Å². The fourth-order valence-electron chi connectivity index (χ4n) is 2.86. The lowest BCUT2D eigenvalue weighted by molar-refractivity contribution is -0.145. The third kappa shape index (κ3) is 2.86. The molecule has 0 heterocycles. The normalized spacial score (nSPS) is 23.7. The summed E-state index contributed by atoms with van der Waals surface area (Å²) in [5, 5.41) is 18.9. The maximum Gasteiger partial charge on any atom is 0.335 e. The second kappa shape index (κ2) is 5.91. The number of rotatable bonds is 4. The van der Waals surface area contributed by atoms with Crippen molar-refractivity contribution in [3.63, 3.8) is 0 Å². The molecule has 122 valence electrons. The summed E-state index contributed by atoms with van der Waals surface area (Å²) in [7, 11) is 0. The number of carboxylic acids is 2. The van der Waals surface area contributed by atoms with Crippen LogP contribution in [0.15, 0.2) is 41.5 Å². The van der Waals surface area contributed by atoms with Gasteiger partial charge in [0, 0.05) is 0 Å². The van der Waals surface area contributed by atoms with E-state index in [0.717, 1.165) is 11.1 Å². The van der Waals surface area contributed by atoms with Crippen molar-refractivity contribution in [3.05, 3.63) is 52.6 Å². The van der Waals surface area contributed by atoms with Gasteiger partial charge in [-0.05, 0) is 44.4 Å². The average Bonchev–Trinajstić information content (AvgIpc) is 2.45. The Labute approximate surface area is 134 Å². The number of aliphatic carboxylic acids is 2. The smallest absolute Gasteiger partial charge is 0.335 e. The van der Waals surface area contributed by atoms with Crippen LogP contribution in [0, 0.1) is 19.8 Å². The van der Waals surface area contributed by atoms with Gasteiger partial charge in [-0.2, -0.15) is 0 Å². The molecule has 23 heavy (non-hydrogen) atoms. The summed E-state index contributed by atoms with van der Waals surface area (Å²) >= 11 is 0. The van der Waals surface area contributed by atoms with Crippen LogP contribution >= 0.6 is 0 Å². The first kappa shape index (κ1) is 16.8. The monoisotopic (exact) mass is 316 g/mol. The van der Waals surface area contributed by atoms with Gasteiger partial charge in [0.25, 0.3) is 0 Å². The zero-order valence-electron chi connectivity index (χ0n) is 13.6. The van der Waals surface area contributed by atoms with Crippen LogP contribution in [0.25, 0.3) is 0 Å². The maximum absolute atomic E-state index is 11.7. The van der Waals surface area contributed by atoms with E-state index in [1.165, 1.54) is 12.2 Å². The summed E-state index contributed by atoms with van der Waals surface area (Å²) in [5.41, 5.74) is 0.925. The quantitative estimate of drug-likeness (QED) is 0.891. The van der Waals surface area contributed by atoms with Gasteiger partial charge >= 0.3 is 11.9 Å². The van der Waals surface area contributed by atoms with Gasteiger partial charge in [-0.1, -0.05) is 30.4 Å². The summed E-state index contributed by atoms with van der Waals surface area (Å²) in [4.78, 5) is 23.1. The molecule has 1 aliphatic carbocycles. The highest BCUT2D eigenvalue weighted by Gasteiger charge is 2.46. The molecule has 0 aromatic heterocycles. The first-order valence-electron chi connectivity index (χ1n) is 7.29. The number of para-hydroxylation sites is 1. The zero-order chi connectivity index (χ0) is 17.4. The van der Waals surface area contributed by atoms with Gasteiger partial charge in [0.05, 0.1) is 5.57 Å². The molecule has 1 aromatic rings. The van der Waals surface area contributed by atoms with E-state index in [4.69, 9.17) is 4.74 Å². The fraction of sp³-hybridized carbons (Fsp3) is 0.333. The summed E-state index contributed by atoms with van der Waals surface area (Å²) in [6.07, 6.45) is 2.72. The van der Waals surface area contributed by atoms with Crippen LogP contribution in [-0.4, -0.2) is 27.8 Å². The SMILES string of the molecule is CC1=C(C(=O)O)C=CC(C(=O)O)C1(C)Oc1c(C)cccc1C. The lowest BCUT2D eigenvalue weighted by atomic mass is 9.76. The Balaban J connectivity index is 2.59. The highest BCUT2D eigenvalue weighted by molar-refractivity contribution is 5.93. The molecule has 0 amide bonds. The van der Waals surface area contributed by atoms with Gasteiger partial charge < -0.3 is 14.9 Å². The molecule has 0 saturated heterocycles. The van der Waals surface area contributed by atoms with Gasteiger partial charge in [0.2, 0.25) is 0 Å². The van der Waals surface area contributed by atoms with E-state index in [9.17, 15) is 19.8 Å². The molecule has 0 fully saturated rings. The summed E-state index contributed by atoms with van der Waals surface area (Å²) in [6.45, 7) is 6.98. The molecule has 2 atom stereocenters. The van der Waals surface area contributed by atoms with Crippen molar-refractivity contribution in [1.82, 2.24) is 0 Å². The number of hydrogen-bond acceptors (Lipinski definition) is 3. The Morgan fingerprint density at radius 3 is 2.17 bits per heavy atom. The first-order chi connectivity index (χ1) is 10.7. The molecule has 5 heteroatoms. The highest BCUT2D eigenvalue weighted by atomic mass is 16.5. The van der Waals surface area contributed by atoms with E-state index < -0.39 is 23.5 Å². The van der Waals surface area contributed by atoms with Crippen molar-refractivity contribution < 1.29 is 24.5 Å². The zero-order valence-corrected chi connectivity index (χ0v) is 13.6. The number of aryl methyl sites for hydroxylation is 2. The van der Waals surface area contributed by atoms with E-state index in [2.05, 4.69) is 0 Å². The molecule has 2 N–H and O–H groups in total. The lowest BCUT2D eigenvalue weighted by Gasteiger charge is -2.39. The molecule has 2 rings (SSSR count).